The highest BCUT2D eigenvalue weighted by molar-refractivity contribution is 6.36. The van der Waals surface area contributed by atoms with E-state index >= 15 is 0 Å². The fourth-order valence-electron chi connectivity index (χ4n) is 4.54. The van der Waals surface area contributed by atoms with Crippen molar-refractivity contribution in [1.29, 1.82) is 0 Å². The number of rotatable bonds is 11. The Bertz CT molecular complexity index is 1580. The maximum absolute atomic E-state index is 13.0. The van der Waals surface area contributed by atoms with Crippen molar-refractivity contribution in [2.75, 3.05) is 7.11 Å². The average Bonchev–Trinajstić information content (AvgIpc) is 3.39. The molecule has 1 atom stereocenters. The van der Waals surface area contributed by atoms with Gasteiger partial charge in [-0.15, -0.1) is 0 Å². The number of nitrogens with zero attached hydrogens (tertiary/aromatic N) is 2. The summed E-state index contributed by atoms with van der Waals surface area (Å²) in [6.07, 6.45) is 3.81. The van der Waals surface area contributed by atoms with Gasteiger partial charge in [0.15, 0.2) is 0 Å². The molecule has 8 nitrogen and oxygen atoms in total. The number of carbonyl (C=O) groups is 2. The summed E-state index contributed by atoms with van der Waals surface area (Å²) in [6.45, 7) is 8.32. The summed E-state index contributed by atoms with van der Waals surface area (Å²) in [6, 6.07) is 19.1. The van der Waals surface area contributed by atoms with E-state index in [0.717, 1.165) is 30.5 Å². The van der Waals surface area contributed by atoms with Gasteiger partial charge in [0, 0.05) is 29.7 Å². The number of esters is 1. The van der Waals surface area contributed by atoms with Crippen LogP contribution in [0.2, 0.25) is 10.0 Å². The number of amides is 1. The van der Waals surface area contributed by atoms with E-state index in [2.05, 4.69) is 16.8 Å². The van der Waals surface area contributed by atoms with Gasteiger partial charge in [-0.05, 0) is 87.4 Å². The van der Waals surface area contributed by atoms with Crippen LogP contribution in [0, 0.1) is 0 Å². The van der Waals surface area contributed by atoms with Gasteiger partial charge in [0.25, 0.3) is 0 Å². The van der Waals surface area contributed by atoms with Crippen molar-refractivity contribution in [3.63, 3.8) is 0 Å². The summed E-state index contributed by atoms with van der Waals surface area (Å²) in [4.78, 5) is 29.7. The molecule has 0 aliphatic heterocycles. The van der Waals surface area contributed by atoms with Gasteiger partial charge in [-0.1, -0.05) is 48.7 Å². The fourth-order valence-corrected chi connectivity index (χ4v) is 5.05. The number of carbonyl (C=O) groups excluding carboxylic acids is 2. The second kappa shape index (κ2) is 14.6. The number of ether oxygens (including phenoxy) is 3. The molecule has 0 saturated heterocycles. The third kappa shape index (κ3) is 9.00. The van der Waals surface area contributed by atoms with E-state index in [-0.39, 0.29) is 0 Å². The molecule has 0 unspecified atom stereocenters. The molecule has 1 amide bonds. The van der Waals surface area contributed by atoms with Gasteiger partial charge in [0.1, 0.15) is 22.9 Å². The maximum atomic E-state index is 13.0. The van der Waals surface area contributed by atoms with Crippen LogP contribution in [0.3, 0.4) is 0 Å². The third-order valence-corrected chi connectivity index (χ3v) is 7.19. The number of unbranched alkanes of at least 4 members (excludes halogenated alkanes) is 1. The molecule has 1 N–H and O–H groups in total. The summed E-state index contributed by atoms with van der Waals surface area (Å²) in [7, 11) is 1.34. The zero-order valence-corrected chi connectivity index (χ0v) is 27.0. The van der Waals surface area contributed by atoms with Crippen molar-refractivity contribution >= 4 is 35.3 Å². The smallest absolute Gasteiger partial charge is 0.408 e. The van der Waals surface area contributed by atoms with Crippen molar-refractivity contribution in [2.45, 2.75) is 65.1 Å². The van der Waals surface area contributed by atoms with Crippen LogP contribution in [0.25, 0.3) is 11.3 Å². The van der Waals surface area contributed by atoms with Crippen molar-refractivity contribution < 1.29 is 23.8 Å². The van der Waals surface area contributed by atoms with Crippen molar-refractivity contribution in [1.82, 2.24) is 14.9 Å². The minimum Gasteiger partial charge on any atom is -0.465 e. The van der Waals surface area contributed by atoms with Gasteiger partial charge in [-0.25, -0.2) is 14.6 Å². The van der Waals surface area contributed by atoms with E-state index in [1.807, 2.05) is 57.3 Å². The van der Waals surface area contributed by atoms with Crippen molar-refractivity contribution in [3.8, 4) is 22.8 Å². The number of halogens is 2. The molecule has 0 aliphatic carbocycles. The third-order valence-electron chi connectivity index (χ3n) is 6.64. The normalized spacial score (nSPS) is 12.0. The highest BCUT2D eigenvalue weighted by Gasteiger charge is 2.26. The van der Waals surface area contributed by atoms with E-state index in [9.17, 15) is 9.59 Å². The quantitative estimate of drug-likeness (QED) is 0.165. The lowest BCUT2D eigenvalue weighted by molar-refractivity contribution is 0.0499. The van der Waals surface area contributed by atoms with Crippen molar-refractivity contribution in [2.24, 2.45) is 0 Å². The summed E-state index contributed by atoms with van der Waals surface area (Å²) in [5.74, 6) is 1.49. The van der Waals surface area contributed by atoms with Crippen LogP contribution in [-0.4, -0.2) is 34.3 Å². The van der Waals surface area contributed by atoms with Gasteiger partial charge in [0.05, 0.1) is 29.4 Å². The molecule has 0 bridgehead atoms. The van der Waals surface area contributed by atoms with Gasteiger partial charge >= 0.3 is 12.1 Å². The summed E-state index contributed by atoms with van der Waals surface area (Å²) < 4.78 is 18.4. The summed E-state index contributed by atoms with van der Waals surface area (Å²) in [5, 5.41) is 4.09. The number of hydrogen-bond acceptors (Lipinski definition) is 6. The molecule has 0 spiro atoms. The average molecular weight is 639 g/mol. The van der Waals surface area contributed by atoms with E-state index in [0.29, 0.717) is 45.0 Å². The molecule has 0 radical (unpaired) electrons. The molecular weight excluding hydrogens is 601 g/mol. The number of imidazole rings is 1. The first kappa shape index (κ1) is 32.9. The first-order chi connectivity index (χ1) is 21.0. The molecule has 0 saturated carbocycles. The van der Waals surface area contributed by atoms with E-state index in [1.54, 1.807) is 36.4 Å². The Kier molecular flexibility index (Phi) is 10.9. The Morgan fingerprint density at radius 2 is 1.64 bits per heavy atom. The predicted molar refractivity (Wildman–Crippen MR) is 173 cm³/mol. The largest absolute Gasteiger partial charge is 0.465 e. The fraction of sp³-hybridized carbons (Fsp3) is 0.324. The number of benzene rings is 3. The van der Waals surface area contributed by atoms with Gasteiger partial charge in [-0.3, -0.25) is 0 Å². The molecule has 44 heavy (non-hydrogen) atoms. The predicted octanol–water partition coefficient (Wildman–Crippen LogP) is 9.04. The summed E-state index contributed by atoms with van der Waals surface area (Å²) >= 11 is 12.7. The van der Waals surface area contributed by atoms with Gasteiger partial charge < -0.3 is 24.1 Å². The van der Waals surface area contributed by atoms with E-state index in [4.69, 9.17) is 42.4 Å². The first-order valence-electron chi connectivity index (χ1n) is 14.4. The summed E-state index contributed by atoms with van der Waals surface area (Å²) in [5.41, 5.74) is 2.18. The first-order valence-corrected chi connectivity index (χ1v) is 15.2. The number of alkyl carbamates (subject to hydrolysis) is 1. The number of hydrogen-bond donors (Lipinski definition) is 1. The van der Waals surface area contributed by atoms with Crippen LogP contribution in [0.4, 0.5) is 4.79 Å². The molecule has 4 rings (SSSR count). The van der Waals surface area contributed by atoms with Crippen LogP contribution in [0.5, 0.6) is 11.5 Å². The van der Waals surface area contributed by atoms with E-state index < -0.39 is 23.7 Å². The Hall–Kier alpha value is -4.01. The van der Waals surface area contributed by atoms with Crippen molar-refractivity contribution in [3.05, 3.63) is 99.9 Å². The lowest BCUT2D eigenvalue weighted by Gasteiger charge is -2.24. The molecule has 0 aliphatic rings. The molecule has 0 fully saturated rings. The molecule has 1 heterocycles. The second-order valence-electron chi connectivity index (χ2n) is 11.3. The highest BCUT2D eigenvalue weighted by atomic mass is 35.5. The zero-order valence-electron chi connectivity index (χ0n) is 25.5. The lowest BCUT2D eigenvalue weighted by Crippen LogP contribution is -2.36. The molecule has 3 aromatic carbocycles. The molecule has 232 valence electrons. The Morgan fingerprint density at radius 3 is 2.23 bits per heavy atom. The highest BCUT2D eigenvalue weighted by Crippen LogP contribution is 2.32. The molecular formula is C34H37Cl2N3O5. The minimum atomic E-state index is -0.664. The van der Waals surface area contributed by atoms with Crippen LogP contribution in [0.15, 0.2) is 72.9 Å². The topological polar surface area (TPSA) is 91.7 Å². The van der Waals surface area contributed by atoms with Crippen LogP contribution < -0.4 is 10.1 Å². The van der Waals surface area contributed by atoms with E-state index in [1.165, 1.54) is 7.11 Å². The SMILES string of the molecule is CCCCn1cc(-c2ccc(Cl)cc2Cl)nc1[C@H](Cc1ccc(Oc2ccc(C(=O)OC)cc2)cc1)NC(=O)OC(C)(C)C. The van der Waals surface area contributed by atoms with Crippen LogP contribution >= 0.6 is 23.2 Å². The number of aryl methyl sites for hydroxylation is 1. The minimum absolute atomic E-state index is 0.408. The van der Waals surface area contributed by atoms with Crippen LogP contribution in [-0.2, 0) is 22.4 Å². The standard InChI is InChI=1S/C34H37Cl2N3O5/c1-6-7-18-39-21-30(27-17-12-24(35)20-28(27)36)37-31(39)29(38-33(41)44-34(2,3)4)19-22-8-13-25(14-9-22)43-26-15-10-23(11-16-26)32(40)42-5/h8-17,20-21,29H,6-7,18-19H2,1-5H3,(H,38,41)/t29-/m0/s1. The Labute approximate surface area is 268 Å². The monoisotopic (exact) mass is 637 g/mol. The Balaban J connectivity index is 1.62. The number of nitrogens with one attached hydrogen (secondary N) is 1. The number of aromatic nitrogens is 2. The molecule has 4 aromatic rings. The second-order valence-corrected chi connectivity index (χ2v) is 12.2. The Morgan fingerprint density at radius 1 is 0.977 bits per heavy atom. The lowest BCUT2D eigenvalue weighted by atomic mass is 10.0. The molecule has 10 heteroatoms. The zero-order chi connectivity index (χ0) is 31.9. The van der Waals surface area contributed by atoms with Gasteiger partial charge in [-0.2, -0.15) is 0 Å². The maximum Gasteiger partial charge on any atom is 0.408 e. The van der Waals surface area contributed by atoms with Gasteiger partial charge in [0.2, 0.25) is 0 Å². The molecule has 1 aromatic heterocycles. The number of methoxy groups -OCH3 is 1. The van der Waals surface area contributed by atoms with Crippen LogP contribution in [0.1, 0.15) is 68.3 Å².